The van der Waals surface area contributed by atoms with Crippen LogP contribution in [0.2, 0.25) is 0 Å². The molecule has 0 saturated heterocycles. The van der Waals surface area contributed by atoms with Gasteiger partial charge in [0.05, 0.1) is 10.6 Å². The van der Waals surface area contributed by atoms with Gasteiger partial charge in [-0.25, -0.2) is 8.42 Å². The van der Waals surface area contributed by atoms with Gasteiger partial charge in [0.15, 0.2) is 0 Å². The summed E-state index contributed by atoms with van der Waals surface area (Å²) in [4.78, 5) is 11.7. The van der Waals surface area contributed by atoms with Crippen molar-refractivity contribution >= 4 is 21.6 Å². The summed E-state index contributed by atoms with van der Waals surface area (Å²) in [6, 6.07) is 12.1. The molecule has 144 valence electrons. The monoisotopic (exact) mass is 398 g/mol. The Morgan fingerprint density at radius 2 is 1.78 bits per heavy atom. The van der Waals surface area contributed by atoms with Crippen LogP contribution in [-0.4, -0.2) is 33.6 Å². The molecule has 1 atom stereocenters. The number of nitrogens with one attached hydrogen (secondary N) is 1. The highest BCUT2D eigenvalue weighted by atomic mass is 32.2. The van der Waals surface area contributed by atoms with Gasteiger partial charge in [-0.2, -0.15) is 13.2 Å². The van der Waals surface area contributed by atoms with Crippen molar-refractivity contribution in [3.05, 3.63) is 59.7 Å². The number of benzene rings is 2. The van der Waals surface area contributed by atoms with E-state index in [-0.39, 0.29) is 16.4 Å². The van der Waals surface area contributed by atoms with E-state index in [1.807, 2.05) is 19.1 Å². The van der Waals surface area contributed by atoms with E-state index in [9.17, 15) is 26.4 Å². The molecule has 1 aliphatic rings. The molecule has 0 fully saturated rings. The molecule has 2 aromatic rings. The number of alkyl halides is 3. The van der Waals surface area contributed by atoms with E-state index >= 15 is 0 Å². The third-order valence-electron chi connectivity index (χ3n) is 4.33. The molecule has 0 bridgehead atoms. The highest BCUT2D eigenvalue weighted by molar-refractivity contribution is 7.92. The first-order valence-corrected chi connectivity index (χ1v) is 9.60. The van der Waals surface area contributed by atoms with Gasteiger partial charge in [-0.05, 0) is 35.9 Å². The number of rotatable bonds is 4. The van der Waals surface area contributed by atoms with Crippen LogP contribution >= 0.6 is 0 Å². The van der Waals surface area contributed by atoms with Gasteiger partial charge < -0.3 is 5.32 Å². The van der Waals surface area contributed by atoms with Crippen LogP contribution in [0.3, 0.4) is 0 Å². The second kappa shape index (κ2) is 6.88. The summed E-state index contributed by atoms with van der Waals surface area (Å²) < 4.78 is 63.8. The van der Waals surface area contributed by atoms with Gasteiger partial charge in [-0.1, -0.05) is 25.1 Å². The van der Waals surface area contributed by atoms with Crippen LogP contribution in [-0.2, 0) is 10.0 Å². The SMILES string of the molecule is CC1CN(S(=O)(=O)c2ccc(C(=O)NCC(F)(F)F)cc2)c2ccccc21. The number of sulfonamides is 1. The maximum Gasteiger partial charge on any atom is 0.405 e. The molecule has 0 aliphatic carbocycles. The van der Waals surface area contributed by atoms with Crippen LogP contribution in [0.5, 0.6) is 0 Å². The van der Waals surface area contributed by atoms with Crippen molar-refractivity contribution < 1.29 is 26.4 Å². The summed E-state index contributed by atoms with van der Waals surface area (Å²) in [5, 5.41) is 1.75. The molecule has 1 heterocycles. The van der Waals surface area contributed by atoms with Gasteiger partial charge in [0.25, 0.3) is 15.9 Å². The zero-order chi connectivity index (χ0) is 19.8. The highest BCUT2D eigenvalue weighted by Gasteiger charge is 2.34. The summed E-state index contributed by atoms with van der Waals surface area (Å²) in [6.07, 6.45) is -4.52. The number of carbonyl (C=O) groups excluding carboxylic acids is 1. The molecule has 0 aromatic heterocycles. The Morgan fingerprint density at radius 3 is 2.41 bits per heavy atom. The lowest BCUT2D eigenvalue weighted by atomic mass is 10.0. The number of halogens is 3. The fraction of sp³-hybridized carbons (Fsp3) is 0.278. The van der Waals surface area contributed by atoms with Crippen LogP contribution in [0, 0.1) is 0 Å². The van der Waals surface area contributed by atoms with Crippen LogP contribution in [0.4, 0.5) is 18.9 Å². The Hall–Kier alpha value is -2.55. The van der Waals surface area contributed by atoms with E-state index in [1.165, 1.54) is 28.6 Å². The molecule has 0 radical (unpaired) electrons. The quantitative estimate of drug-likeness (QED) is 0.860. The number of carbonyl (C=O) groups is 1. The van der Waals surface area contributed by atoms with Crippen molar-refractivity contribution in [2.24, 2.45) is 0 Å². The fourth-order valence-corrected chi connectivity index (χ4v) is 4.57. The number of nitrogens with zero attached hydrogens (tertiary/aromatic N) is 1. The third-order valence-corrected chi connectivity index (χ3v) is 6.12. The zero-order valence-electron chi connectivity index (χ0n) is 14.3. The van der Waals surface area contributed by atoms with Crippen molar-refractivity contribution in [1.82, 2.24) is 5.32 Å². The van der Waals surface area contributed by atoms with Crippen molar-refractivity contribution in [2.45, 2.75) is 23.9 Å². The molecular formula is C18H17F3N2O3S. The fourth-order valence-electron chi connectivity index (χ4n) is 2.99. The zero-order valence-corrected chi connectivity index (χ0v) is 15.1. The van der Waals surface area contributed by atoms with E-state index in [1.54, 1.807) is 17.4 Å². The molecule has 1 aliphatic heterocycles. The standard InChI is InChI=1S/C18H17F3N2O3S/c1-12-10-23(16-5-3-2-4-15(12)16)27(25,26)14-8-6-13(7-9-14)17(24)22-11-18(19,20)21/h2-9,12H,10-11H2,1H3,(H,22,24). The molecule has 2 aromatic carbocycles. The summed E-state index contributed by atoms with van der Waals surface area (Å²) >= 11 is 0. The highest BCUT2D eigenvalue weighted by Crippen LogP contribution is 2.39. The number of para-hydroxylation sites is 1. The largest absolute Gasteiger partial charge is 0.405 e. The molecule has 0 saturated carbocycles. The lowest BCUT2D eigenvalue weighted by molar-refractivity contribution is -0.123. The van der Waals surface area contributed by atoms with Gasteiger partial charge in [-0.15, -0.1) is 0 Å². The number of hydrogen-bond acceptors (Lipinski definition) is 3. The average Bonchev–Trinajstić information content (AvgIpc) is 2.97. The van der Waals surface area contributed by atoms with Gasteiger partial charge in [0, 0.05) is 18.0 Å². The minimum atomic E-state index is -4.52. The molecule has 1 unspecified atom stereocenters. The van der Waals surface area contributed by atoms with E-state index in [2.05, 4.69) is 0 Å². The maximum atomic E-state index is 13.0. The summed E-state index contributed by atoms with van der Waals surface area (Å²) in [5.41, 5.74) is 1.50. The first kappa shape index (κ1) is 19.2. The van der Waals surface area contributed by atoms with Gasteiger partial charge in [0.1, 0.15) is 6.54 Å². The van der Waals surface area contributed by atoms with Crippen LogP contribution in [0.1, 0.15) is 28.8 Å². The number of amides is 1. The van der Waals surface area contributed by atoms with Crippen molar-refractivity contribution in [1.29, 1.82) is 0 Å². The second-order valence-electron chi connectivity index (χ2n) is 6.32. The van der Waals surface area contributed by atoms with Crippen LogP contribution in [0.25, 0.3) is 0 Å². The van der Waals surface area contributed by atoms with Gasteiger partial charge in [0.2, 0.25) is 0 Å². The van der Waals surface area contributed by atoms with Crippen molar-refractivity contribution in [3.63, 3.8) is 0 Å². The number of hydrogen-bond donors (Lipinski definition) is 1. The first-order chi connectivity index (χ1) is 12.6. The third kappa shape index (κ3) is 3.92. The van der Waals surface area contributed by atoms with Gasteiger partial charge >= 0.3 is 6.18 Å². The molecule has 0 spiro atoms. The first-order valence-electron chi connectivity index (χ1n) is 8.16. The van der Waals surface area contributed by atoms with E-state index in [0.717, 1.165) is 5.56 Å². The number of fused-ring (bicyclic) bond motifs is 1. The van der Waals surface area contributed by atoms with E-state index < -0.39 is 28.7 Å². The smallest absolute Gasteiger partial charge is 0.343 e. The Labute approximate surface area is 154 Å². The Balaban J connectivity index is 1.82. The Bertz CT molecular complexity index is 957. The normalized spacial score (nSPS) is 16.9. The summed E-state index contributed by atoms with van der Waals surface area (Å²) in [6.45, 7) is 0.784. The second-order valence-corrected chi connectivity index (χ2v) is 8.18. The molecule has 27 heavy (non-hydrogen) atoms. The Kier molecular flexibility index (Phi) is 4.90. The van der Waals surface area contributed by atoms with E-state index in [4.69, 9.17) is 0 Å². The number of anilines is 1. The predicted octanol–water partition coefficient (Wildman–Crippen LogP) is 3.29. The summed E-state index contributed by atoms with van der Waals surface area (Å²) in [7, 11) is -3.84. The van der Waals surface area contributed by atoms with Crippen molar-refractivity contribution in [2.75, 3.05) is 17.4 Å². The lowest BCUT2D eigenvalue weighted by Gasteiger charge is -2.20. The molecule has 1 N–H and O–H groups in total. The molecule has 5 nitrogen and oxygen atoms in total. The minimum absolute atomic E-state index is 0.0289. The molecule has 9 heteroatoms. The van der Waals surface area contributed by atoms with Gasteiger partial charge in [-0.3, -0.25) is 9.10 Å². The topological polar surface area (TPSA) is 66.5 Å². The predicted molar refractivity (Wildman–Crippen MR) is 94.2 cm³/mol. The maximum absolute atomic E-state index is 13.0. The minimum Gasteiger partial charge on any atom is -0.343 e. The molecule has 1 amide bonds. The van der Waals surface area contributed by atoms with Crippen molar-refractivity contribution in [3.8, 4) is 0 Å². The van der Waals surface area contributed by atoms with Crippen LogP contribution < -0.4 is 9.62 Å². The average molecular weight is 398 g/mol. The Morgan fingerprint density at radius 1 is 1.15 bits per heavy atom. The summed E-state index contributed by atoms with van der Waals surface area (Å²) in [5.74, 6) is -0.875. The van der Waals surface area contributed by atoms with Crippen LogP contribution in [0.15, 0.2) is 53.4 Å². The molecular weight excluding hydrogens is 381 g/mol. The lowest BCUT2D eigenvalue weighted by Crippen LogP contribution is -2.33. The molecule has 3 rings (SSSR count). The van der Waals surface area contributed by atoms with E-state index in [0.29, 0.717) is 12.2 Å².